The molecule has 0 amide bonds. The number of carboxylic acids is 3. The molecule has 47 unspecified atom stereocenters. The maximum Gasteiger partial charge on any atom is 0.335 e. The van der Waals surface area contributed by atoms with E-state index in [2.05, 4.69) is 0 Å². The molecular formula is C72H146O74. The van der Waals surface area contributed by atoms with Crippen molar-refractivity contribution in [2.45, 2.75) is 293 Å². The van der Waals surface area contributed by atoms with Crippen molar-refractivity contribution < 1.29 is 374 Å². The molecule has 0 aliphatic rings. The van der Waals surface area contributed by atoms with Crippen molar-refractivity contribution in [1.82, 2.24) is 0 Å². The lowest BCUT2D eigenvalue weighted by atomic mass is 10.0. The first-order chi connectivity index (χ1) is 67.2. The van der Waals surface area contributed by atoms with Crippen LogP contribution >= 0.6 is 0 Å². The molecule has 0 aromatic carbocycles. The largest absolute Gasteiger partial charge is 0.479 e. The molecule has 0 fully saturated rings. The molecule has 0 aromatic heterocycles. The van der Waals surface area contributed by atoms with E-state index in [1.54, 1.807) is 0 Å². The quantitative estimate of drug-likeness (QED) is 0.0251. The molecule has 0 aliphatic carbocycles. The summed E-state index contributed by atoms with van der Waals surface area (Å²) in [5.74, 6) is -5.40. The van der Waals surface area contributed by atoms with Gasteiger partial charge in [-0.05, 0) is 0 Å². The highest BCUT2D eigenvalue weighted by Gasteiger charge is 2.41. The fraction of sp³-hybridized carbons (Fsp3) is 0.847. The third-order valence-electron chi connectivity index (χ3n) is 17.3. The maximum absolute atomic E-state index is 10.1. The number of aliphatic hydroxyl groups excluding tert-OH is 60. The van der Waals surface area contributed by atoms with E-state index in [4.69, 9.17) is 322 Å². The highest BCUT2D eigenvalue weighted by molar-refractivity contribution is 5.75. The van der Waals surface area contributed by atoms with Gasteiger partial charge in [-0.2, -0.15) is 0 Å². The lowest BCUT2D eigenvalue weighted by molar-refractivity contribution is -0.172. The Bertz CT molecular complexity index is 2730. The summed E-state index contributed by atoms with van der Waals surface area (Å²) in [6.45, 7) is -9.71. The van der Waals surface area contributed by atoms with Gasteiger partial charge < -0.3 is 360 Å². The second kappa shape index (κ2) is 95.5. The molecule has 0 spiro atoms. The number of hydrogen-bond donors (Lipinski definition) is 63. The Hall–Kier alpha value is -6.63. The first kappa shape index (κ1) is 164. The Morgan fingerprint density at radius 3 is 0.315 bits per heavy atom. The first-order valence-electron chi connectivity index (χ1n) is 40.4. The van der Waals surface area contributed by atoms with Gasteiger partial charge in [0.05, 0.1) is 92.0 Å². The Morgan fingerprint density at radius 2 is 0.226 bits per heavy atom. The van der Waals surface area contributed by atoms with Gasteiger partial charge in [0.25, 0.3) is 0 Å². The van der Waals surface area contributed by atoms with Crippen molar-refractivity contribution in [1.29, 1.82) is 0 Å². The number of hydrogen-bond acceptors (Lipinski definition) is 71. The Morgan fingerprint density at radius 1 is 0.137 bits per heavy atom. The standard InChI is InChI=1S/C6H10O8.C6H12O7.2C6H14O6.7C6H12O6.C6H12O5/c7-1(3(9)5(11)12)2(8)4(10)6(13)14;7-1-2(8)3(9)4(10)5(11)6(12)13;9*7-1-3(9)5(11)6(12)4(10)2-8;7-2-1-4(9)6(11)5(10)3-8/h1-4,7-10H,(H,11,12)(H,13,14);2-5,7-11H,1H2,(H,12,13);2*3-12H,1-2H2;7*1,3-6,8-12H,2H2;2,4-6,8-11H,1,3H2. The van der Waals surface area contributed by atoms with Crippen molar-refractivity contribution in [2.75, 3.05) is 85.9 Å². The molecule has 74 heteroatoms. The molecule has 0 aromatic rings. The minimum atomic E-state index is -2.36. The smallest absolute Gasteiger partial charge is 0.335 e. The summed E-state index contributed by atoms with van der Waals surface area (Å²) in [7, 11) is 0. The number of aliphatic carboxylic acids is 3. The van der Waals surface area contributed by atoms with Crippen molar-refractivity contribution in [3.63, 3.8) is 0 Å². The van der Waals surface area contributed by atoms with E-state index in [0.717, 1.165) is 0 Å². The van der Waals surface area contributed by atoms with Crippen LogP contribution < -0.4 is 0 Å². The monoisotopic (exact) mass is 2190 g/mol. The molecule has 0 saturated carbocycles. The van der Waals surface area contributed by atoms with Crippen molar-refractivity contribution in [3.05, 3.63) is 0 Å². The van der Waals surface area contributed by atoms with Gasteiger partial charge in [-0.3, -0.25) is 0 Å². The van der Waals surface area contributed by atoms with Crippen LogP contribution in [0.1, 0.15) is 6.42 Å². The average Bonchev–Trinajstić information content (AvgIpc) is 0.869. The van der Waals surface area contributed by atoms with E-state index >= 15 is 0 Å². The van der Waals surface area contributed by atoms with Crippen LogP contribution in [0.3, 0.4) is 0 Å². The minimum absolute atomic E-state index is 0.0258. The van der Waals surface area contributed by atoms with Gasteiger partial charge in [0, 0.05) is 6.42 Å². The van der Waals surface area contributed by atoms with E-state index in [1.165, 1.54) is 0 Å². The number of aliphatic hydroxyl groups is 60. The first-order valence-corrected chi connectivity index (χ1v) is 40.4. The van der Waals surface area contributed by atoms with Gasteiger partial charge in [-0.25, -0.2) is 14.4 Å². The van der Waals surface area contributed by atoms with Crippen molar-refractivity contribution in [3.8, 4) is 0 Å². The molecule has 0 rings (SSSR count). The Kier molecular flexibility index (Phi) is 108. The molecule has 74 nitrogen and oxygen atoms in total. The van der Waals surface area contributed by atoms with E-state index in [1.807, 2.05) is 0 Å². The van der Waals surface area contributed by atoms with Crippen LogP contribution in [-0.4, -0.2) is 763 Å². The molecule has 146 heavy (non-hydrogen) atoms. The third-order valence-corrected chi connectivity index (χ3v) is 17.3. The molecule has 878 valence electrons. The number of carbonyl (C=O) groups is 11. The highest BCUT2D eigenvalue weighted by Crippen LogP contribution is 2.14. The van der Waals surface area contributed by atoms with Gasteiger partial charge in [-0.1, -0.05) is 0 Å². The fourth-order valence-corrected chi connectivity index (χ4v) is 7.61. The lowest BCUT2D eigenvalue weighted by Gasteiger charge is -2.24. The summed E-state index contributed by atoms with van der Waals surface area (Å²) in [5, 5.41) is 547. The van der Waals surface area contributed by atoms with Gasteiger partial charge >= 0.3 is 17.9 Å². The van der Waals surface area contributed by atoms with Crippen molar-refractivity contribution in [2.24, 2.45) is 0 Å². The van der Waals surface area contributed by atoms with Crippen LogP contribution in [0.4, 0.5) is 0 Å². The third kappa shape index (κ3) is 72.0. The topological polar surface area (TPSA) is 1460 Å². The van der Waals surface area contributed by atoms with E-state index in [-0.39, 0.29) is 50.4 Å². The van der Waals surface area contributed by atoms with Crippen LogP contribution in [-0.2, 0) is 52.7 Å². The SMILES string of the molecule is O=C(O)C(O)C(O)C(O)C(O)C(=O)O.O=C(O)C(O)C(O)C(O)C(O)CO.O=CC(O)C(O)C(O)C(O)CO.O=CC(O)C(O)C(O)C(O)CO.O=CC(O)C(O)C(O)C(O)CO.O=CC(O)C(O)C(O)C(O)CO.O=CC(O)C(O)C(O)C(O)CO.O=CC(O)C(O)C(O)C(O)CO.O=CC(O)C(O)C(O)C(O)CO.O=CCC(O)C(O)C(O)CO.OCC(O)C(O)C(O)C(O)CO.OCC(O)C(O)C(O)C(O)CO. The number of rotatable bonds is 60. The van der Waals surface area contributed by atoms with Gasteiger partial charge in [-0.15, -0.1) is 0 Å². The van der Waals surface area contributed by atoms with Crippen LogP contribution in [0.25, 0.3) is 0 Å². The van der Waals surface area contributed by atoms with Gasteiger partial charge in [0.15, 0.2) is 62.3 Å². The van der Waals surface area contributed by atoms with Crippen LogP contribution in [0, 0.1) is 0 Å². The summed E-state index contributed by atoms with van der Waals surface area (Å²) in [6, 6.07) is 0. The summed E-state index contributed by atoms with van der Waals surface area (Å²) in [4.78, 5) is 109. The summed E-state index contributed by atoms with van der Waals surface area (Å²) >= 11 is 0. The second-order valence-electron chi connectivity index (χ2n) is 28.7. The molecule has 0 heterocycles. The van der Waals surface area contributed by atoms with Crippen molar-refractivity contribution >= 4 is 68.2 Å². The minimum Gasteiger partial charge on any atom is -0.479 e. The predicted octanol–water partition coefficient (Wildman–Crippen LogP) is -40.1. The van der Waals surface area contributed by atoms with E-state index < -0.39 is 391 Å². The number of aldehydes is 8. The molecule has 0 aliphatic heterocycles. The van der Waals surface area contributed by atoms with E-state index in [9.17, 15) is 52.7 Å². The number of carboxylic acid groups (broad SMARTS) is 3. The Labute approximate surface area is 820 Å². The molecular weight excluding hydrogens is 2050 g/mol. The molecule has 63 N–H and O–H groups in total. The zero-order valence-corrected chi connectivity index (χ0v) is 75.8. The highest BCUT2D eigenvalue weighted by atomic mass is 16.5. The molecule has 47 atom stereocenters. The fourth-order valence-electron chi connectivity index (χ4n) is 7.61. The lowest BCUT2D eigenvalue weighted by Crippen LogP contribution is -2.49. The molecule has 0 radical (unpaired) electrons. The van der Waals surface area contributed by atoms with Crippen LogP contribution in [0.5, 0.6) is 0 Å². The summed E-state index contributed by atoms with van der Waals surface area (Å²) in [6.07, 6.45) is -81.8. The summed E-state index contributed by atoms with van der Waals surface area (Å²) < 4.78 is 0. The predicted molar refractivity (Wildman–Crippen MR) is 450 cm³/mol. The maximum atomic E-state index is 10.1. The van der Waals surface area contributed by atoms with Crippen LogP contribution in [0.2, 0.25) is 0 Å². The zero-order chi connectivity index (χ0) is 118. The van der Waals surface area contributed by atoms with Gasteiger partial charge in [0.1, 0.15) is 269 Å². The van der Waals surface area contributed by atoms with Crippen LogP contribution in [0.15, 0.2) is 0 Å². The average molecular weight is 2200 g/mol. The number of carbonyl (C=O) groups excluding carboxylic acids is 8. The summed E-state index contributed by atoms with van der Waals surface area (Å²) in [5.41, 5.74) is 0. The van der Waals surface area contributed by atoms with Gasteiger partial charge in [0.2, 0.25) is 0 Å². The molecule has 0 saturated heterocycles. The van der Waals surface area contributed by atoms with E-state index in [0.29, 0.717) is 6.29 Å². The second-order valence-corrected chi connectivity index (χ2v) is 28.7. The zero-order valence-electron chi connectivity index (χ0n) is 75.8. The Balaban J connectivity index is -0.000000134. The molecule has 0 bridgehead atoms. The normalized spacial score (nSPS) is 20.8.